The summed E-state index contributed by atoms with van der Waals surface area (Å²) in [5.74, 6) is -1.42. The van der Waals surface area contributed by atoms with Gasteiger partial charge in [-0.15, -0.1) is 0 Å². The van der Waals surface area contributed by atoms with Gasteiger partial charge in [0, 0.05) is 23.5 Å². The summed E-state index contributed by atoms with van der Waals surface area (Å²) in [6, 6.07) is 22.6. The van der Waals surface area contributed by atoms with Crippen molar-refractivity contribution in [2.24, 2.45) is 0 Å². The molecule has 0 aliphatic carbocycles. The van der Waals surface area contributed by atoms with Gasteiger partial charge in [-0.05, 0) is 36.6 Å². The highest BCUT2D eigenvalue weighted by Crippen LogP contribution is 2.33. The number of aromatic amines is 1. The number of alkyl carbamates (subject to hydrolysis) is 1. The lowest BCUT2D eigenvalue weighted by Gasteiger charge is -2.25. The van der Waals surface area contributed by atoms with Crippen LogP contribution < -0.4 is 16.0 Å². The minimum atomic E-state index is -1.07. The molecule has 0 bridgehead atoms. The highest BCUT2D eigenvalue weighted by atomic mass is 16.6. The number of rotatable bonds is 12. The van der Waals surface area contributed by atoms with Crippen LogP contribution in [0.5, 0.6) is 0 Å². The molecule has 1 saturated heterocycles. The summed E-state index contributed by atoms with van der Waals surface area (Å²) in [5.41, 5.74) is 2.11. The number of carbonyl (C=O) groups is 4. The number of nitrogens with one attached hydrogen (secondary N) is 4. The molecule has 0 spiro atoms. The number of ketones is 1. The van der Waals surface area contributed by atoms with Crippen molar-refractivity contribution in [3.05, 3.63) is 108 Å². The molecule has 10 heteroatoms. The van der Waals surface area contributed by atoms with E-state index in [4.69, 9.17) is 9.47 Å². The Balaban J connectivity index is 1.32. The van der Waals surface area contributed by atoms with Crippen LogP contribution in [0.1, 0.15) is 36.6 Å². The van der Waals surface area contributed by atoms with Gasteiger partial charge in [-0.25, -0.2) is 4.79 Å². The molecular formula is C33H34N4O6. The summed E-state index contributed by atoms with van der Waals surface area (Å²) in [5, 5.41) is 9.05. The van der Waals surface area contributed by atoms with Crippen molar-refractivity contribution in [3.8, 4) is 0 Å². The largest absolute Gasteiger partial charge is 0.445 e. The molecule has 4 N–H and O–H groups in total. The molecule has 5 rings (SSSR count). The number of para-hydroxylation sites is 1. The fraction of sp³-hybridized carbons (Fsp3) is 0.273. The van der Waals surface area contributed by atoms with Gasteiger partial charge in [0.25, 0.3) is 0 Å². The summed E-state index contributed by atoms with van der Waals surface area (Å²) in [4.78, 5) is 56.1. The van der Waals surface area contributed by atoms with Gasteiger partial charge in [-0.1, -0.05) is 78.9 Å². The molecule has 1 aliphatic rings. The number of hydrogen-bond donors (Lipinski definition) is 4. The van der Waals surface area contributed by atoms with Gasteiger partial charge < -0.3 is 30.4 Å². The number of hydrogen-bond acceptors (Lipinski definition) is 6. The molecule has 222 valence electrons. The molecule has 1 aromatic heterocycles. The second-order valence-electron chi connectivity index (χ2n) is 10.8. The third-order valence-corrected chi connectivity index (χ3v) is 7.45. The molecular weight excluding hydrogens is 548 g/mol. The highest BCUT2D eigenvalue weighted by Gasteiger charge is 2.50. The molecule has 10 nitrogen and oxygen atoms in total. The first-order chi connectivity index (χ1) is 20.7. The molecule has 2 unspecified atom stereocenters. The van der Waals surface area contributed by atoms with Crippen LogP contribution in [-0.2, 0) is 36.9 Å². The zero-order valence-electron chi connectivity index (χ0n) is 24.0. The third kappa shape index (κ3) is 7.28. The number of ether oxygens (including phenoxy) is 2. The van der Waals surface area contributed by atoms with Gasteiger partial charge in [-0.2, -0.15) is 0 Å². The zero-order valence-corrected chi connectivity index (χ0v) is 24.0. The van der Waals surface area contributed by atoms with Crippen molar-refractivity contribution >= 4 is 34.6 Å². The van der Waals surface area contributed by atoms with Gasteiger partial charge >= 0.3 is 6.09 Å². The van der Waals surface area contributed by atoms with E-state index in [1.54, 1.807) is 37.4 Å². The molecule has 0 radical (unpaired) electrons. The Kier molecular flexibility index (Phi) is 8.87. The van der Waals surface area contributed by atoms with Crippen LogP contribution in [0.25, 0.3) is 10.9 Å². The number of amides is 3. The Morgan fingerprint density at radius 3 is 2.23 bits per heavy atom. The topological polar surface area (TPSA) is 142 Å². The number of epoxide rings is 1. The first-order valence-electron chi connectivity index (χ1n) is 14.1. The van der Waals surface area contributed by atoms with E-state index in [2.05, 4.69) is 20.9 Å². The van der Waals surface area contributed by atoms with E-state index >= 15 is 0 Å². The average molecular weight is 583 g/mol. The molecule has 3 aromatic carbocycles. The lowest BCUT2D eigenvalue weighted by atomic mass is 9.94. The fourth-order valence-corrected chi connectivity index (χ4v) is 4.78. The maximum Gasteiger partial charge on any atom is 0.408 e. The van der Waals surface area contributed by atoms with Gasteiger partial charge in [0.15, 0.2) is 5.78 Å². The van der Waals surface area contributed by atoms with Crippen molar-refractivity contribution < 1.29 is 28.7 Å². The van der Waals surface area contributed by atoms with Crippen LogP contribution in [0.15, 0.2) is 91.1 Å². The van der Waals surface area contributed by atoms with E-state index in [-0.39, 0.29) is 25.4 Å². The Bertz CT molecular complexity index is 1600. The monoisotopic (exact) mass is 582 g/mol. The van der Waals surface area contributed by atoms with E-state index in [0.717, 1.165) is 22.0 Å². The summed E-state index contributed by atoms with van der Waals surface area (Å²) in [6.45, 7) is 3.50. The summed E-state index contributed by atoms with van der Waals surface area (Å²) < 4.78 is 10.6. The number of carbonyl (C=O) groups excluding carboxylic acids is 4. The lowest BCUT2D eigenvalue weighted by molar-refractivity contribution is -0.133. The Morgan fingerprint density at radius 1 is 0.884 bits per heavy atom. The predicted octanol–water partition coefficient (Wildman–Crippen LogP) is 3.73. The smallest absolute Gasteiger partial charge is 0.408 e. The van der Waals surface area contributed by atoms with E-state index in [1.807, 2.05) is 60.7 Å². The normalized spacial score (nSPS) is 17.7. The van der Waals surface area contributed by atoms with Gasteiger partial charge in [0.1, 0.15) is 30.3 Å². The van der Waals surface area contributed by atoms with Crippen molar-refractivity contribution in [1.82, 2.24) is 20.9 Å². The second kappa shape index (κ2) is 12.9. The summed E-state index contributed by atoms with van der Waals surface area (Å²) >= 11 is 0. The molecule has 3 amide bonds. The molecule has 2 heterocycles. The molecule has 0 saturated carbocycles. The maximum absolute atomic E-state index is 13.8. The summed E-state index contributed by atoms with van der Waals surface area (Å²) in [6.07, 6.45) is 1.16. The van der Waals surface area contributed by atoms with Crippen LogP contribution in [0.2, 0.25) is 0 Å². The lowest BCUT2D eigenvalue weighted by Crippen LogP contribution is -2.55. The molecule has 4 aromatic rings. The standard InChI is InChI=1S/C33H34N4O6/c1-21(35-32(41)42-19-22-11-5-3-6-12-22)30(39)36-27(17-24-18-34-26-16-10-9-15-25(24)26)31(40)37-28(23-13-7-4-8-14-23)29(38)33(2)20-43-33/h3-16,18,21,27-28,34H,17,19-20H2,1-2H3,(H,35,41)(H,36,39)(H,37,40)/t21?,27-,28-,33?/m0/s1. The SMILES string of the molecule is CC(NC(=O)OCc1ccccc1)C(=O)N[C@@H](Cc1c[nH]c2ccccc12)C(=O)N[C@H](C(=O)C1(C)CO1)c1ccccc1. The van der Waals surface area contributed by atoms with Crippen LogP contribution in [-0.4, -0.2) is 53.0 Å². The van der Waals surface area contributed by atoms with E-state index in [0.29, 0.717) is 5.56 Å². The van der Waals surface area contributed by atoms with Gasteiger partial charge in [-0.3, -0.25) is 14.4 Å². The van der Waals surface area contributed by atoms with Crippen molar-refractivity contribution in [1.29, 1.82) is 0 Å². The number of fused-ring (bicyclic) bond motifs is 1. The quantitative estimate of drug-likeness (QED) is 0.188. The van der Waals surface area contributed by atoms with Crippen molar-refractivity contribution in [3.63, 3.8) is 0 Å². The Morgan fingerprint density at radius 2 is 1.53 bits per heavy atom. The number of H-pyrrole nitrogens is 1. The van der Waals surface area contributed by atoms with Crippen molar-refractivity contribution in [2.75, 3.05) is 6.61 Å². The first kappa shape index (κ1) is 29.5. The third-order valence-electron chi connectivity index (χ3n) is 7.45. The highest BCUT2D eigenvalue weighted by molar-refractivity contribution is 5.99. The number of Topliss-reactive ketones (excluding diaryl/α,β-unsaturated/α-hetero) is 1. The Hall–Kier alpha value is -4.96. The minimum absolute atomic E-state index is 0.0458. The first-order valence-corrected chi connectivity index (χ1v) is 14.1. The number of benzene rings is 3. The van der Waals surface area contributed by atoms with Crippen LogP contribution >= 0.6 is 0 Å². The molecule has 43 heavy (non-hydrogen) atoms. The van der Waals surface area contributed by atoms with E-state index in [9.17, 15) is 19.2 Å². The molecule has 4 atom stereocenters. The maximum atomic E-state index is 13.8. The van der Waals surface area contributed by atoms with Crippen molar-refractivity contribution in [2.45, 2.75) is 50.6 Å². The van der Waals surface area contributed by atoms with Gasteiger partial charge in [0.2, 0.25) is 11.8 Å². The molecule has 1 aliphatic heterocycles. The number of aromatic nitrogens is 1. The minimum Gasteiger partial charge on any atom is -0.445 e. The van der Waals surface area contributed by atoms with Crippen LogP contribution in [0.4, 0.5) is 4.79 Å². The second-order valence-corrected chi connectivity index (χ2v) is 10.8. The predicted molar refractivity (Wildman–Crippen MR) is 160 cm³/mol. The van der Waals surface area contributed by atoms with Crippen LogP contribution in [0.3, 0.4) is 0 Å². The fourth-order valence-electron chi connectivity index (χ4n) is 4.78. The van der Waals surface area contributed by atoms with Crippen LogP contribution in [0, 0.1) is 0 Å². The Labute approximate surface area is 249 Å². The average Bonchev–Trinajstić information content (AvgIpc) is 3.66. The van der Waals surface area contributed by atoms with E-state index < -0.39 is 41.6 Å². The molecule has 1 fully saturated rings. The van der Waals surface area contributed by atoms with Gasteiger partial charge in [0.05, 0.1) is 6.61 Å². The zero-order chi connectivity index (χ0) is 30.4. The van der Waals surface area contributed by atoms with E-state index in [1.165, 1.54) is 6.92 Å². The summed E-state index contributed by atoms with van der Waals surface area (Å²) in [7, 11) is 0.